The molecule has 2 unspecified atom stereocenters. The molecule has 3 heterocycles. The minimum atomic E-state index is -4.81. The molecule has 12 nitrogen and oxygen atoms in total. The number of nitrogens with one attached hydrogen (secondary N) is 2. The third-order valence-corrected chi connectivity index (χ3v) is 4.60. The van der Waals surface area contributed by atoms with Crippen LogP contribution in [0.25, 0.3) is 0 Å². The highest BCUT2D eigenvalue weighted by Crippen LogP contribution is 2.30. The monoisotopic (exact) mass is 380 g/mol. The van der Waals surface area contributed by atoms with Gasteiger partial charge in [0.05, 0.1) is 31.9 Å². The fraction of sp³-hybridized carbons (Fsp3) is 0.833. The number of ether oxygens (including phenoxy) is 1. The first-order chi connectivity index (χ1) is 11.8. The summed E-state index contributed by atoms with van der Waals surface area (Å²) in [7, 11) is -4.81. The van der Waals surface area contributed by atoms with Gasteiger partial charge in [0.25, 0.3) is 5.91 Å². The molecule has 2 bridgehead atoms. The Morgan fingerprint density at radius 3 is 2.92 bits per heavy atom. The lowest BCUT2D eigenvalue weighted by Gasteiger charge is -2.29. The minimum absolute atomic E-state index is 0.0307. The minimum Gasteiger partial charge on any atom is -0.378 e. The number of hydrogen-bond acceptors (Lipinski definition) is 8. The van der Waals surface area contributed by atoms with Gasteiger partial charge in [0.15, 0.2) is 0 Å². The molecule has 3 saturated heterocycles. The second-order valence-electron chi connectivity index (χ2n) is 6.01. The maximum atomic E-state index is 12.3. The van der Waals surface area contributed by atoms with Gasteiger partial charge < -0.3 is 15.0 Å². The van der Waals surface area contributed by atoms with Gasteiger partial charge in [-0.05, 0) is 12.8 Å². The number of amides is 3. The summed E-state index contributed by atoms with van der Waals surface area (Å²) in [5.41, 5.74) is 2.31. The van der Waals surface area contributed by atoms with E-state index in [0.717, 1.165) is 0 Å². The SMILES string of the molecule is O=C(NOCC1COCCN1)[C@@H]1CCC2CN1C(=O)N2OS(=O)(=O)O. The van der Waals surface area contributed by atoms with Crippen LogP contribution in [0.15, 0.2) is 0 Å². The molecule has 142 valence electrons. The maximum Gasteiger partial charge on any atom is 0.418 e. The van der Waals surface area contributed by atoms with E-state index in [1.54, 1.807) is 0 Å². The number of hydroxylamine groups is 3. The number of piperidine rings is 1. The second kappa shape index (κ2) is 7.39. The zero-order valence-corrected chi connectivity index (χ0v) is 14.1. The number of carbonyl (C=O) groups excluding carboxylic acids is 2. The lowest BCUT2D eigenvalue weighted by atomic mass is 10.0. The van der Waals surface area contributed by atoms with E-state index in [2.05, 4.69) is 15.1 Å². The van der Waals surface area contributed by atoms with Crippen molar-refractivity contribution in [2.45, 2.75) is 31.0 Å². The van der Waals surface area contributed by atoms with Gasteiger partial charge >= 0.3 is 16.4 Å². The van der Waals surface area contributed by atoms with E-state index in [0.29, 0.717) is 37.7 Å². The van der Waals surface area contributed by atoms with Crippen molar-refractivity contribution in [2.75, 3.05) is 32.9 Å². The number of rotatable bonds is 6. The Morgan fingerprint density at radius 1 is 1.44 bits per heavy atom. The largest absolute Gasteiger partial charge is 0.418 e. The van der Waals surface area contributed by atoms with Crippen molar-refractivity contribution in [3.63, 3.8) is 0 Å². The predicted octanol–water partition coefficient (Wildman–Crippen LogP) is -1.97. The summed E-state index contributed by atoms with van der Waals surface area (Å²) in [5.74, 6) is -0.503. The van der Waals surface area contributed by atoms with Crippen LogP contribution in [0.5, 0.6) is 0 Å². The molecular weight excluding hydrogens is 360 g/mol. The quantitative estimate of drug-likeness (QED) is 0.352. The van der Waals surface area contributed by atoms with Crippen molar-refractivity contribution in [3.8, 4) is 0 Å². The standard InChI is InChI=1S/C12H20N4O8S/c17-11(14-23-7-8-6-22-4-3-13-8)10-2-1-9-5-15(10)12(18)16(9)24-25(19,20)21/h8-10,13H,1-7H2,(H,14,17)(H,19,20,21)/t8?,9?,10-/m0/s1. The van der Waals surface area contributed by atoms with Gasteiger partial charge in [-0.15, -0.1) is 4.28 Å². The fourth-order valence-electron chi connectivity index (χ4n) is 3.11. The summed E-state index contributed by atoms with van der Waals surface area (Å²) in [5, 5.41) is 3.75. The van der Waals surface area contributed by atoms with Crippen molar-refractivity contribution >= 4 is 22.3 Å². The fourth-order valence-corrected chi connectivity index (χ4v) is 3.50. The lowest BCUT2D eigenvalue weighted by Crippen LogP contribution is -2.51. The average Bonchev–Trinajstić information content (AvgIpc) is 2.79. The smallest absolute Gasteiger partial charge is 0.378 e. The van der Waals surface area contributed by atoms with Crippen molar-refractivity contribution in [1.29, 1.82) is 0 Å². The van der Waals surface area contributed by atoms with Crippen molar-refractivity contribution < 1.29 is 36.4 Å². The summed E-state index contributed by atoms with van der Waals surface area (Å²) >= 11 is 0. The zero-order chi connectivity index (χ0) is 18.0. The van der Waals surface area contributed by atoms with Gasteiger partial charge in [-0.1, -0.05) is 0 Å². The van der Waals surface area contributed by atoms with Gasteiger partial charge in [0.2, 0.25) is 0 Å². The third kappa shape index (κ3) is 4.37. The summed E-state index contributed by atoms with van der Waals surface area (Å²) in [6.45, 7) is 2.16. The van der Waals surface area contributed by atoms with Crippen molar-refractivity contribution in [1.82, 2.24) is 20.8 Å². The molecule has 0 radical (unpaired) electrons. The number of fused-ring (bicyclic) bond motifs is 2. The van der Waals surface area contributed by atoms with E-state index < -0.39 is 34.4 Å². The van der Waals surface area contributed by atoms with Crippen LogP contribution < -0.4 is 10.8 Å². The van der Waals surface area contributed by atoms with E-state index in [4.69, 9.17) is 14.1 Å². The summed E-state index contributed by atoms with van der Waals surface area (Å²) in [4.78, 5) is 30.8. The van der Waals surface area contributed by atoms with Gasteiger partial charge in [-0.3, -0.25) is 14.2 Å². The van der Waals surface area contributed by atoms with Crippen LogP contribution >= 0.6 is 0 Å². The second-order valence-corrected chi connectivity index (χ2v) is 7.02. The van der Waals surface area contributed by atoms with Crippen LogP contribution in [0, 0.1) is 0 Å². The first-order valence-electron chi connectivity index (χ1n) is 7.85. The number of morpholine rings is 1. The molecule has 0 saturated carbocycles. The Balaban J connectivity index is 1.51. The number of carbonyl (C=O) groups is 2. The molecule has 3 rings (SSSR count). The first kappa shape index (κ1) is 18.3. The van der Waals surface area contributed by atoms with Crippen molar-refractivity contribution in [2.24, 2.45) is 0 Å². The summed E-state index contributed by atoms with van der Waals surface area (Å²) in [6, 6.07) is -2.16. The van der Waals surface area contributed by atoms with E-state index >= 15 is 0 Å². The highest BCUT2D eigenvalue weighted by Gasteiger charge is 2.49. The third-order valence-electron chi connectivity index (χ3n) is 4.26. The van der Waals surface area contributed by atoms with Crippen LogP contribution in [0.3, 0.4) is 0 Å². The van der Waals surface area contributed by atoms with Crippen LogP contribution in [0.2, 0.25) is 0 Å². The van der Waals surface area contributed by atoms with E-state index in [1.807, 2.05) is 0 Å². The Kier molecular flexibility index (Phi) is 5.41. The number of hydrogen-bond donors (Lipinski definition) is 3. The zero-order valence-electron chi connectivity index (χ0n) is 13.3. The van der Waals surface area contributed by atoms with Crippen LogP contribution in [-0.2, 0) is 29.1 Å². The maximum absolute atomic E-state index is 12.3. The van der Waals surface area contributed by atoms with Gasteiger partial charge in [0, 0.05) is 13.1 Å². The Bertz CT molecular complexity index is 623. The van der Waals surface area contributed by atoms with E-state index in [-0.39, 0.29) is 19.2 Å². The molecule has 25 heavy (non-hydrogen) atoms. The van der Waals surface area contributed by atoms with E-state index in [9.17, 15) is 18.0 Å². The highest BCUT2D eigenvalue weighted by molar-refractivity contribution is 7.80. The summed E-state index contributed by atoms with van der Waals surface area (Å²) < 4.78 is 40.0. The lowest BCUT2D eigenvalue weighted by molar-refractivity contribution is -0.140. The molecule has 0 aliphatic carbocycles. The molecule has 13 heteroatoms. The topological polar surface area (TPSA) is 147 Å². The molecule has 3 atom stereocenters. The Morgan fingerprint density at radius 2 is 2.24 bits per heavy atom. The number of nitrogens with zero attached hydrogens (tertiary/aromatic N) is 2. The Labute approximate surface area is 144 Å². The molecule has 0 spiro atoms. The van der Waals surface area contributed by atoms with Gasteiger partial charge in [-0.25, -0.2) is 10.3 Å². The normalized spacial score (nSPS) is 29.8. The molecule has 0 aromatic carbocycles. The van der Waals surface area contributed by atoms with Crippen LogP contribution in [0.4, 0.5) is 4.79 Å². The molecule has 3 amide bonds. The molecular formula is C12H20N4O8S. The molecule has 3 aliphatic heterocycles. The predicted molar refractivity (Wildman–Crippen MR) is 80.1 cm³/mol. The molecule has 3 aliphatic rings. The van der Waals surface area contributed by atoms with Crippen LogP contribution in [0.1, 0.15) is 12.8 Å². The van der Waals surface area contributed by atoms with Crippen molar-refractivity contribution in [3.05, 3.63) is 0 Å². The Hall–Kier alpha value is -1.51. The van der Waals surface area contributed by atoms with Gasteiger partial charge in [-0.2, -0.15) is 13.5 Å². The first-order valence-corrected chi connectivity index (χ1v) is 9.21. The molecule has 0 aromatic heterocycles. The van der Waals surface area contributed by atoms with Gasteiger partial charge in [0.1, 0.15) is 6.04 Å². The van der Waals surface area contributed by atoms with E-state index in [1.165, 1.54) is 4.90 Å². The highest BCUT2D eigenvalue weighted by atomic mass is 32.3. The molecule has 3 fully saturated rings. The number of urea groups is 1. The molecule has 0 aromatic rings. The summed E-state index contributed by atoms with van der Waals surface area (Å²) in [6.07, 6.45) is 0.676. The average molecular weight is 380 g/mol. The van der Waals surface area contributed by atoms with Crippen LogP contribution in [-0.4, -0.2) is 85.9 Å². The molecule has 3 N–H and O–H groups in total.